The molecule has 10 heteroatoms. The molecule has 1 N–H and O–H groups in total. The van der Waals surface area contributed by atoms with Gasteiger partial charge in [0.2, 0.25) is 15.9 Å². The van der Waals surface area contributed by atoms with E-state index >= 15 is 0 Å². The predicted octanol–water partition coefficient (Wildman–Crippen LogP) is 1.60. The highest BCUT2D eigenvalue weighted by molar-refractivity contribution is 7.92. The molecule has 1 fully saturated rings. The molecule has 0 aromatic heterocycles. The van der Waals surface area contributed by atoms with Crippen LogP contribution in [-0.2, 0) is 19.6 Å². The quantitative estimate of drug-likeness (QED) is 0.642. The Morgan fingerprint density at radius 3 is 2.42 bits per heavy atom. The van der Waals surface area contributed by atoms with Gasteiger partial charge in [-0.25, -0.2) is 8.42 Å². The summed E-state index contributed by atoms with van der Waals surface area (Å²) >= 11 is 11.9. The summed E-state index contributed by atoms with van der Waals surface area (Å²) in [6, 6.07) is 4.42. The van der Waals surface area contributed by atoms with Crippen LogP contribution in [0.1, 0.15) is 6.42 Å². The molecule has 26 heavy (non-hydrogen) atoms. The zero-order chi connectivity index (χ0) is 19.2. The molecule has 1 aliphatic rings. The predicted molar refractivity (Wildman–Crippen MR) is 104 cm³/mol. The third-order valence-electron chi connectivity index (χ3n) is 3.90. The maximum Gasteiger partial charge on any atom is 0.240 e. The van der Waals surface area contributed by atoms with Crippen LogP contribution in [0, 0.1) is 0 Å². The summed E-state index contributed by atoms with van der Waals surface area (Å²) in [6.07, 6.45) is 1.82. The van der Waals surface area contributed by atoms with Crippen LogP contribution in [-0.4, -0.2) is 71.4 Å². The van der Waals surface area contributed by atoms with Crippen molar-refractivity contribution in [1.29, 1.82) is 0 Å². The van der Waals surface area contributed by atoms with Crippen molar-refractivity contribution in [2.24, 2.45) is 0 Å². The normalized spacial score (nSPS) is 15.7. The molecular weight excluding hydrogens is 401 g/mol. The third kappa shape index (κ3) is 6.92. The van der Waals surface area contributed by atoms with E-state index in [1.807, 2.05) is 0 Å². The fourth-order valence-corrected chi connectivity index (χ4v) is 3.98. The van der Waals surface area contributed by atoms with Crippen molar-refractivity contribution in [2.75, 3.05) is 56.5 Å². The highest BCUT2D eigenvalue weighted by Crippen LogP contribution is 2.26. The summed E-state index contributed by atoms with van der Waals surface area (Å²) in [7, 11) is -3.66. The van der Waals surface area contributed by atoms with Gasteiger partial charge in [0, 0.05) is 29.7 Å². The molecule has 0 saturated carbocycles. The van der Waals surface area contributed by atoms with E-state index in [1.54, 1.807) is 0 Å². The average molecular weight is 424 g/mol. The number of hydrogen-bond acceptors (Lipinski definition) is 5. The Hall–Kier alpha value is -1.06. The Balaban J connectivity index is 1.88. The van der Waals surface area contributed by atoms with E-state index in [0.29, 0.717) is 16.6 Å². The second kappa shape index (κ2) is 9.75. The summed E-state index contributed by atoms with van der Waals surface area (Å²) in [5, 5.41) is 3.35. The van der Waals surface area contributed by atoms with Gasteiger partial charge in [-0.15, -0.1) is 0 Å². The number of rotatable bonds is 8. The minimum absolute atomic E-state index is 0.258. The van der Waals surface area contributed by atoms with E-state index in [1.165, 1.54) is 18.2 Å². The highest BCUT2D eigenvalue weighted by atomic mass is 35.5. The van der Waals surface area contributed by atoms with E-state index < -0.39 is 10.0 Å². The Morgan fingerprint density at radius 1 is 1.23 bits per heavy atom. The monoisotopic (exact) mass is 423 g/mol. The first-order valence-electron chi connectivity index (χ1n) is 8.26. The molecule has 146 valence electrons. The number of hydrogen-bond donors (Lipinski definition) is 1. The topological polar surface area (TPSA) is 79.0 Å². The van der Waals surface area contributed by atoms with Crippen LogP contribution in [0.3, 0.4) is 0 Å². The molecule has 0 atom stereocenters. The highest BCUT2D eigenvalue weighted by Gasteiger charge is 2.21. The van der Waals surface area contributed by atoms with Gasteiger partial charge in [-0.05, 0) is 31.2 Å². The number of halogens is 2. The molecule has 0 aliphatic carbocycles. The molecule has 1 amide bonds. The van der Waals surface area contributed by atoms with E-state index in [9.17, 15) is 13.2 Å². The van der Waals surface area contributed by atoms with Gasteiger partial charge in [-0.2, -0.15) is 0 Å². The smallest absolute Gasteiger partial charge is 0.240 e. The van der Waals surface area contributed by atoms with Crippen LogP contribution in [0.25, 0.3) is 0 Å². The second-order valence-corrected chi connectivity index (χ2v) is 8.83. The number of benzene rings is 1. The van der Waals surface area contributed by atoms with Crippen molar-refractivity contribution in [3.8, 4) is 0 Å². The first kappa shape index (κ1) is 21.2. The van der Waals surface area contributed by atoms with Gasteiger partial charge in [-0.1, -0.05) is 23.2 Å². The maximum atomic E-state index is 12.2. The minimum Gasteiger partial charge on any atom is -0.379 e. The lowest BCUT2D eigenvalue weighted by molar-refractivity contribution is -0.119. The summed E-state index contributed by atoms with van der Waals surface area (Å²) < 4.78 is 30.4. The number of amides is 1. The zero-order valence-corrected chi connectivity index (χ0v) is 16.9. The van der Waals surface area contributed by atoms with Crippen LogP contribution >= 0.6 is 23.2 Å². The molecular formula is C16H23Cl2N3O4S. The van der Waals surface area contributed by atoms with E-state index in [-0.39, 0.29) is 18.1 Å². The number of carbonyl (C=O) groups is 1. The second-order valence-electron chi connectivity index (χ2n) is 6.05. The summed E-state index contributed by atoms with van der Waals surface area (Å²) in [5.41, 5.74) is 0.258. The van der Waals surface area contributed by atoms with Gasteiger partial charge < -0.3 is 10.1 Å². The Labute approximate surface area is 164 Å². The molecule has 1 aliphatic heterocycles. The van der Waals surface area contributed by atoms with Crippen molar-refractivity contribution in [3.63, 3.8) is 0 Å². The molecule has 1 aromatic rings. The largest absolute Gasteiger partial charge is 0.379 e. The fourth-order valence-electron chi connectivity index (χ4n) is 2.62. The van der Waals surface area contributed by atoms with Crippen molar-refractivity contribution in [3.05, 3.63) is 28.2 Å². The number of carbonyl (C=O) groups excluding carboxylic acids is 1. The number of nitrogens with zero attached hydrogens (tertiary/aromatic N) is 2. The Kier molecular flexibility index (Phi) is 7.97. The first-order chi connectivity index (χ1) is 12.3. The van der Waals surface area contributed by atoms with E-state index in [2.05, 4.69) is 10.2 Å². The van der Waals surface area contributed by atoms with Gasteiger partial charge in [0.05, 0.1) is 25.2 Å². The lowest BCUT2D eigenvalue weighted by Crippen LogP contribution is -2.42. The standard InChI is InChI=1S/C16H23Cl2N3O4S/c1-26(23,24)21(15-10-13(17)9-14(18)11-15)12-16(22)19-3-2-4-20-5-7-25-8-6-20/h9-11H,2-8,12H2,1H3,(H,19,22). The van der Waals surface area contributed by atoms with Crippen molar-refractivity contribution in [2.45, 2.75) is 6.42 Å². The Morgan fingerprint density at radius 2 is 1.85 bits per heavy atom. The lowest BCUT2D eigenvalue weighted by atomic mass is 10.3. The number of sulfonamides is 1. The number of morpholine rings is 1. The molecule has 0 unspecified atom stereocenters. The molecule has 2 rings (SSSR count). The molecule has 1 aromatic carbocycles. The van der Waals surface area contributed by atoms with Crippen molar-refractivity contribution in [1.82, 2.24) is 10.2 Å². The molecule has 7 nitrogen and oxygen atoms in total. The summed E-state index contributed by atoms with van der Waals surface area (Å²) in [4.78, 5) is 14.4. The summed E-state index contributed by atoms with van der Waals surface area (Å²) in [6.45, 7) is 4.27. The number of ether oxygens (including phenoxy) is 1. The first-order valence-corrected chi connectivity index (χ1v) is 10.9. The van der Waals surface area contributed by atoms with Gasteiger partial charge in [0.15, 0.2) is 0 Å². The van der Waals surface area contributed by atoms with Crippen LogP contribution in [0.4, 0.5) is 5.69 Å². The zero-order valence-electron chi connectivity index (χ0n) is 14.6. The maximum absolute atomic E-state index is 12.2. The molecule has 1 saturated heterocycles. The fraction of sp³-hybridized carbons (Fsp3) is 0.562. The van der Waals surface area contributed by atoms with Gasteiger partial charge in [-0.3, -0.25) is 14.0 Å². The van der Waals surface area contributed by atoms with E-state index in [4.69, 9.17) is 27.9 Å². The summed E-state index contributed by atoms with van der Waals surface area (Å²) in [5.74, 6) is -0.381. The van der Waals surface area contributed by atoms with Crippen molar-refractivity contribution >= 4 is 44.8 Å². The molecule has 0 bridgehead atoms. The van der Waals surface area contributed by atoms with Crippen LogP contribution in [0.2, 0.25) is 10.0 Å². The molecule has 1 heterocycles. The SMILES string of the molecule is CS(=O)(=O)N(CC(=O)NCCCN1CCOCC1)c1cc(Cl)cc(Cl)c1. The van der Waals surface area contributed by atoms with Crippen molar-refractivity contribution < 1.29 is 17.9 Å². The minimum atomic E-state index is -3.66. The van der Waals surface area contributed by atoms with Crippen LogP contribution < -0.4 is 9.62 Å². The van der Waals surface area contributed by atoms with E-state index in [0.717, 1.165) is 49.8 Å². The number of nitrogens with one attached hydrogen (secondary N) is 1. The lowest BCUT2D eigenvalue weighted by Gasteiger charge is -2.26. The Bertz CT molecular complexity index is 704. The number of anilines is 1. The van der Waals surface area contributed by atoms with Crippen LogP contribution in [0.5, 0.6) is 0 Å². The molecule has 0 radical (unpaired) electrons. The molecule has 0 spiro atoms. The van der Waals surface area contributed by atoms with Gasteiger partial charge in [0.25, 0.3) is 0 Å². The van der Waals surface area contributed by atoms with Crippen LogP contribution in [0.15, 0.2) is 18.2 Å². The van der Waals surface area contributed by atoms with Gasteiger partial charge >= 0.3 is 0 Å². The van der Waals surface area contributed by atoms with Gasteiger partial charge in [0.1, 0.15) is 6.54 Å². The third-order valence-corrected chi connectivity index (χ3v) is 5.48. The average Bonchev–Trinajstić information content (AvgIpc) is 2.55.